The predicted octanol–water partition coefficient (Wildman–Crippen LogP) is 4.84. The van der Waals surface area contributed by atoms with Gasteiger partial charge in [-0.2, -0.15) is 22.0 Å². The maximum atomic E-state index is 14.4. The molecule has 1 N–H and O–H groups in total. The van der Waals surface area contributed by atoms with Crippen molar-refractivity contribution in [3.8, 4) is 0 Å². The van der Waals surface area contributed by atoms with Crippen LogP contribution in [0.2, 0.25) is 5.02 Å². The van der Waals surface area contributed by atoms with Crippen molar-refractivity contribution in [2.75, 3.05) is 19.0 Å². The number of anilines is 1. The normalized spacial score (nSPS) is 14.9. The van der Waals surface area contributed by atoms with Crippen LogP contribution in [0.3, 0.4) is 0 Å². The van der Waals surface area contributed by atoms with Gasteiger partial charge in [0.25, 0.3) is 0 Å². The molecule has 0 bridgehead atoms. The minimum atomic E-state index is -5.97. The zero-order chi connectivity index (χ0) is 19.0. The van der Waals surface area contributed by atoms with Crippen molar-refractivity contribution in [3.05, 3.63) is 64.7 Å². The first-order chi connectivity index (χ1) is 11.4. The van der Waals surface area contributed by atoms with E-state index in [0.29, 0.717) is 5.69 Å². The van der Waals surface area contributed by atoms with E-state index in [1.165, 1.54) is 29.2 Å². The summed E-state index contributed by atoms with van der Waals surface area (Å²) < 4.78 is 68.1. The van der Waals surface area contributed by atoms with Crippen LogP contribution < -0.4 is 4.90 Å². The molecule has 2 nitrogen and oxygen atoms in total. The fraction of sp³-hybridized carbons (Fsp3) is 0.294. The Morgan fingerprint density at radius 1 is 0.880 bits per heavy atom. The van der Waals surface area contributed by atoms with Gasteiger partial charge in [0.15, 0.2) is 5.60 Å². The Balaban J connectivity index is 2.80. The molecule has 0 saturated heterocycles. The van der Waals surface area contributed by atoms with E-state index in [1.54, 1.807) is 14.1 Å². The van der Waals surface area contributed by atoms with Gasteiger partial charge in [0, 0.05) is 24.8 Å². The number of rotatable bonds is 4. The number of alkyl halides is 5. The number of halogens is 6. The lowest BCUT2D eigenvalue weighted by atomic mass is 9.80. The van der Waals surface area contributed by atoms with Gasteiger partial charge in [-0.25, -0.2) is 0 Å². The fourth-order valence-electron chi connectivity index (χ4n) is 2.46. The second-order valence-corrected chi connectivity index (χ2v) is 6.17. The Labute approximate surface area is 146 Å². The van der Waals surface area contributed by atoms with Crippen LogP contribution in [0.4, 0.5) is 27.6 Å². The van der Waals surface area contributed by atoms with E-state index in [9.17, 15) is 27.1 Å². The lowest BCUT2D eigenvalue weighted by molar-refractivity contribution is -0.336. The molecule has 2 aromatic carbocycles. The van der Waals surface area contributed by atoms with Crippen LogP contribution in [0.15, 0.2) is 48.5 Å². The standard InChI is InChI=1S/C17H15ClF5NO/c1-24(2)14-8-4-6-12(10-14)15(25,16(19,20)17(21,22)23)11-5-3-7-13(18)9-11/h3-10,25H,1-2H3. The van der Waals surface area contributed by atoms with Crippen molar-refractivity contribution in [1.29, 1.82) is 0 Å². The van der Waals surface area contributed by atoms with Crippen molar-refractivity contribution in [2.24, 2.45) is 0 Å². The van der Waals surface area contributed by atoms with Crippen LogP contribution in [0, 0.1) is 0 Å². The van der Waals surface area contributed by atoms with Crippen molar-refractivity contribution >= 4 is 17.3 Å². The van der Waals surface area contributed by atoms with E-state index < -0.39 is 28.8 Å². The summed E-state index contributed by atoms with van der Waals surface area (Å²) in [7, 11) is 3.19. The average molecular weight is 380 g/mol. The zero-order valence-electron chi connectivity index (χ0n) is 13.3. The third kappa shape index (κ3) is 3.30. The molecule has 8 heteroatoms. The van der Waals surface area contributed by atoms with Crippen LogP contribution in [0.1, 0.15) is 11.1 Å². The number of benzene rings is 2. The first-order valence-corrected chi connectivity index (χ1v) is 7.50. The summed E-state index contributed by atoms with van der Waals surface area (Å²) in [5.74, 6) is -5.45. The maximum absolute atomic E-state index is 14.4. The molecule has 1 unspecified atom stereocenters. The molecule has 0 aromatic heterocycles. The molecular weight excluding hydrogens is 365 g/mol. The third-order valence-corrected chi connectivity index (χ3v) is 4.07. The molecule has 136 valence electrons. The molecule has 1 atom stereocenters. The smallest absolute Gasteiger partial charge is 0.378 e. The minimum absolute atomic E-state index is 0.0716. The predicted molar refractivity (Wildman–Crippen MR) is 86.2 cm³/mol. The Kier molecular flexibility index (Phi) is 5.03. The SMILES string of the molecule is CN(C)c1cccc(C(O)(c2cccc(Cl)c2)C(F)(F)C(F)(F)F)c1. The summed E-state index contributed by atoms with van der Waals surface area (Å²) >= 11 is 5.74. The van der Waals surface area contributed by atoms with Crippen LogP contribution in [0.5, 0.6) is 0 Å². The van der Waals surface area contributed by atoms with Gasteiger partial charge in [0.1, 0.15) is 0 Å². The molecule has 0 heterocycles. The number of aliphatic hydroxyl groups is 1. The molecule has 0 fully saturated rings. The van der Waals surface area contributed by atoms with Crippen molar-refractivity contribution in [2.45, 2.75) is 17.7 Å². The molecule has 2 aromatic rings. The van der Waals surface area contributed by atoms with E-state index in [1.807, 2.05) is 0 Å². The van der Waals surface area contributed by atoms with Crippen LogP contribution in [-0.4, -0.2) is 31.3 Å². The van der Waals surface area contributed by atoms with Crippen LogP contribution in [-0.2, 0) is 5.60 Å². The molecule has 0 spiro atoms. The number of nitrogens with zero attached hydrogens (tertiary/aromatic N) is 1. The largest absolute Gasteiger partial charge is 0.457 e. The van der Waals surface area contributed by atoms with Gasteiger partial charge in [-0.3, -0.25) is 0 Å². The van der Waals surface area contributed by atoms with Gasteiger partial charge in [-0.1, -0.05) is 35.9 Å². The zero-order valence-corrected chi connectivity index (χ0v) is 14.0. The summed E-state index contributed by atoms with van der Waals surface area (Å²) in [5.41, 5.74) is -4.53. The first-order valence-electron chi connectivity index (χ1n) is 7.12. The molecular formula is C17H15ClF5NO. The molecule has 25 heavy (non-hydrogen) atoms. The van der Waals surface area contributed by atoms with Gasteiger partial charge in [0.2, 0.25) is 0 Å². The summed E-state index contributed by atoms with van der Waals surface area (Å²) in [5, 5.41) is 10.6. The van der Waals surface area contributed by atoms with Crippen molar-refractivity contribution in [1.82, 2.24) is 0 Å². The van der Waals surface area contributed by atoms with Crippen molar-refractivity contribution < 1.29 is 27.1 Å². The molecule has 0 radical (unpaired) electrons. The topological polar surface area (TPSA) is 23.5 Å². The Morgan fingerprint density at radius 3 is 1.88 bits per heavy atom. The molecule has 0 saturated carbocycles. The highest BCUT2D eigenvalue weighted by Crippen LogP contribution is 2.52. The van der Waals surface area contributed by atoms with Gasteiger partial charge in [0.05, 0.1) is 0 Å². The van der Waals surface area contributed by atoms with Gasteiger partial charge >= 0.3 is 12.1 Å². The van der Waals surface area contributed by atoms with Gasteiger partial charge in [-0.05, 0) is 35.4 Å². The van der Waals surface area contributed by atoms with E-state index in [0.717, 1.165) is 24.3 Å². The quantitative estimate of drug-likeness (QED) is 0.768. The van der Waals surface area contributed by atoms with Crippen LogP contribution in [0.25, 0.3) is 0 Å². The van der Waals surface area contributed by atoms with E-state index in [2.05, 4.69) is 0 Å². The lowest BCUT2D eigenvalue weighted by Gasteiger charge is -2.38. The first kappa shape index (κ1) is 19.5. The monoisotopic (exact) mass is 379 g/mol. The summed E-state index contributed by atoms with van der Waals surface area (Å²) in [4.78, 5) is 1.52. The second kappa shape index (κ2) is 6.46. The highest BCUT2D eigenvalue weighted by atomic mass is 35.5. The summed E-state index contributed by atoms with van der Waals surface area (Å²) in [6, 6.07) is 9.31. The second-order valence-electron chi connectivity index (χ2n) is 5.74. The third-order valence-electron chi connectivity index (χ3n) is 3.83. The molecule has 0 aliphatic carbocycles. The fourth-order valence-corrected chi connectivity index (χ4v) is 2.65. The molecule has 0 amide bonds. The highest BCUT2D eigenvalue weighted by Gasteiger charge is 2.71. The van der Waals surface area contributed by atoms with E-state index >= 15 is 0 Å². The molecule has 0 aliphatic rings. The molecule has 2 rings (SSSR count). The lowest BCUT2D eigenvalue weighted by Crippen LogP contribution is -2.55. The Bertz CT molecular complexity index is 763. The highest BCUT2D eigenvalue weighted by molar-refractivity contribution is 6.30. The minimum Gasteiger partial charge on any atom is -0.378 e. The van der Waals surface area contributed by atoms with Gasteiger partial charge in [-0.15, -0.1) is 0 Å². The van der Waals surface area contributed by atoms with E-state index in [4.69, 9.17) is 11.6 Å². The number of hydrogen-bond donors (Lipinski definition) is 1. The Morgan fingerprint density at radius 2 is 1.40 bits per heavy atom. The summed E-state index contributed by atoms with van der Waals surface area (Å²) in [6.07, 6.45) is -5.97. The molecule has 0 aliphatic heterocycles. The summed E-state index contributed by atoms with van der Waals surface area (Å²) in [6.45, 7) is 0. The Hall–Kier alpha value is -1.86. The average Bonchev–Trinajstić information content (AvgIpc) is 2.53. The number of hydrogen-bond acceptors (Lipinski definition) is 2. The maximum Gasteiger partial charge on any atom is 0.457 e. The van der Waals surface area contributed by atoms with Gasteiger partial charge < -0.3 is 10.0 Å². The van der Waals surface area contributed by atoms with Crippen molar-refractivity contribution in [3.63, 3.8) is 0 Å². The van der Waals surface area contributed by atoms with E-state index in [-0.39, 0.29) is 5.02 Å². The van der Waals surface area contributed by atoms with Crippen LogP contribution >= 0.6 is 11.6 Å².